The van der Waals surface area contributed by atoms with E-state index >= 15 is 0 Å². The van der Waals surface area contributed by atoms with Crippen molar-refractivity contribution in [1.29, 1.82) is 0 Å². The maximum absolute atomic E-state index is 13.7. The summed E-state index contributed by atoms with van der Waals surface area (Å²) in [6, 6.07) is 11.6. The van der Waals surface area contributed by atoms with Gasteiger partial charge in [0.1, 0.15) is 18.1 Å². The van der Waals surface area contributed by atoms with Gasteiger partial charge in [0, 0.05) is 10.0 Å². The molecule has 0 aliphatic heterocycles. The molecule has 0 spiro atoms. The van der Waals surface area contributed by atoms with Gasteiger partial charge in [0.2, 0.25) is 0 Å². The molecule has 0 bridgehead atoms. The number of hydrogen-bond acceptors (Lipinski definition) is 4. The number of nitrogens with zero attached hydrogens (tertiary/aromatic N) is 1. The van der Waals surface area contributed by atoms with Crippen LogP contribution < -0.4 is 4.74 Å². The van der Waals surface area contributed by atoms with Gasteiger partial charge in [0.25, 0.3) is 0 Å². The Morgan fingerprint density at radius 3 is 2.21 bits per heavy atom. The van der Waals surface area contributed by atoms with Gasteiger partial charge < -0.3 is 9.47 Å². The van der Waals surface area contributed by atoms with Crippen LogP contribution in [0, 0.1) is 0 Å². The Kier molecular flexibility index (Phi) is 8.39. The standard InChI is InChI=1S/C28H22BrF6NO3/c1-2-38-26(37)24-14-18(28(33,34)35)13-23(36-24)21-5-3-4-20(21)22-12-17(27(30,31)32)8-11-25(22)39-15-16-6-9-19(29)10-7-16/h6-14H,2-5,15H2,1H3. The van der Waals surface area contributed by atoms with Crippen molar-refractivity contribution in [3.63, 3.8) is 0 Å². The number of aromatic nitrogens is 1. The highest BCUT2D eigenvalue weighted by Gasteiger charge is 2.35. The van der Waals surface area contributed by atoms with Crippen LogP contribution in [-0.4, -0.2) is 17.6 Å². The first-order valence-corrected chi connectivity index (χ1v) is 12.7. The van der Waals surface area contributed by atoms with E-state index in [1.54, 1.807) is 24.3 Å². The molecule has 0 saturated heterocycles. The highest BCUT2D eigenvalue weighted by atomic mass is 79.9. The number of rotatable bonds is 7. The Bertz CT molecular complexity index is 1400. The molecule has 206 valence electrons. The summed E-state index contributed by atoms with van der Waals surface area (Å²) in [4.78, 5) is 16.4. The highest BCUT2D eigenvalue weighted by molar-refractivity contribution is 9.10. The number of pyridine rings is 1. The van der Waals surface area contributed by atoms with E-state index in [2.05, 4.69) is 20.9 Å². The molecular formula is C28H22BrF6NO3. The summed E-state index contributed by atoms with van der Waals surface area (Å²) in [6.07, 6.45) is -8.41. The molecule has 0 fully saturated rings. The van der Waals surface area contributed by atoms with Crippen molar-refractivity contribution < 1.29 is 40.6 Å². The van der Waals surface area contributed by atoms with Crippen LogP contribution in [0.1, 0.15) is 64.6 Å². The number of hydrogen-bond donors (Lipinski definition) is 0. The van der Waals surface area contributed by atoms with Gasteiger partial charge in [0.15, 0.2) is 0 Å². The second kappa shape index (κ2) is 11.4. The zero-order valence-corrected chi connectivity index (χ0v) is 22.1. The topological polar surface area (TPSA) is 48.4 Å². The molecule has 0 N–H and O–H groups in total. The van der Waals surface area contributed by atoms with Gasteiger partial charge in [-0.2, -0.15) is 26.3 Å². The number of ether oxygens (including phenoxy) is 2. The van der Waals surface area contributed by atoms with Crippen molar-refractivity contribution in [2.24, 2.45) is 0 Å². The minimum absolute atomic E-state index is 0.0586. The Labute approximate surface area is 228 Å². The molecule has 0 unspecified atom stereocenters. The number of alkyl halides is 6. The normalized spacial score (nSPS) is 14.1. The summed E-state index contributed by atoms with van der Waals surface area (Å²) in [5.41, 5.74) is -1.11. The molecule has 1 heterocycles. The van der Waals surface area contributed by atoms with Crippen LogP contribution in [0.3, 0.4) is 0 Å². The number of carbonyl (C=O) groups excluding carboxylic acids is 1. The van der Waals surface area contributed by atoms with Crippen molar-refractivity contribution >= 4 is 33.0 Å². The Morgan fingerprint density at radius 2 is 1.56 bits per heavy atom. The zero-order valence-electron chi connectivity index (χ0n) is 20.5. The smallest absolute Gasteiger partial charge is 0.416 e. The van der Waals surface area contributed by atoms with E-state index < -0.39 is 35.1 Å². The van der Waals surface area contributed by atoms with Crippen LogP contribution in [0.5, 0.6) is 5.75 Å². The first-order valence-electron chi connectivity index (χ1n) is 11.9. The fourth-order valence-corrected chi connectivity index (χ4v) is 4.56. The van der Waals surface area contributed by atoms with Gasteiger partial charge in [-0.1, -0.05) is 28.1 Å². The molecule has 4 rings (SSSR count). The fraction of sp³-hybridized carbons (Fsp3) is 0.286. The van der Waals surface area contributed by atoms with Crippen LogP contribution in [0.15, 0.2) is 59.1 Å². The molecule has 4 nitrogen and oxygen atoms in total. The predicted molar refractivity (Wildman–Crippen MR) is 136 cm³/mol. The Balaban J connectivity index is 1.84. The van der Waals surface area contributed by atoms with Crippen LogP contribution in [0.4, 0.5) is 26.3 Å². The molecule has 1 aliphatic carbocycles. The van der Waals surface area contributed by atoms with Crippen LogP contribution >= 0.6 is 15.9 Å². The molecule has 2 aromatic carbocycles. The van der Waals surface area contributed by atoms with Crippen molar-refractivity contribution in [2.75, 3.05) is 6.61 Å². The first-order chi connectivity index (χ1) is 18.4. The van der Waals surface area contributed by atoms with E-state index in [-0.39, 0.29) is 43.1 Å². The van der Waals surface area contributed by atoms with E-state index in [9.17, 15) is 31.1 Å². The number of carbonyl (C=O) groups is 1. The number of allylic oxidation sites excluding steroid dienone is 2. The number of benzene rings is 2. The molecule has 1 aliphatic rings. The average Bonchev–Trinajstić information content (AvgIpc) is 3.37. The van der Waals surface area contributed by atoms with Crippen LogP contribution in [0.25, 0.3) is 11.1 Å². The highest BCUT2D eigenvalue weighted by Crippen LogP contribution is 2.45. The Hall–Kier alpha value is -3.34. The summed E-state index contributed by atoms with van der Waals surface area (Å²) in [6.45, 7) is 1.50. The van der Waals surface area contributed by atoms with Crippen LogP contribution in [-0.2, 0) is 23.7 Å². The Morgan fingerprint density at radius 1 is 0.897 bits per heavy atom. The lowest BCUT2D eigenvalue weighted by molar-refractivity contribution is -0.138. The molecule has 11 heteroatoms. The summed E-state index contributed by atoms with van der Waals surface area (Å²) in [5.74, 6) is -0.875. The lowest BCUT2D eigenvalue weighted by Crippen LogP contribution is -2.13. The van der Waals surface area contributed by atoms with Gasteiger partial charge in [-0.25, -0.2) is 9.78 Å². The minimum atomic E-state index is -4.78. The van der Waals surface area contributed by atoms with E-state index in [1.807, 2.05) is 0 Å². The summed E-state index contributed by atoms with van der Waals surface area (Å²) in [7, 11) is 0. The van der Waals surface area contributed by atoms with Crippen LogP contribution in [0.2, 0.25) is 0 Å². The first kappa shape index (κ1) is 28.7. The van der Waals surface area contributed by atoms with E-state index in [0.717, 1.165) is 28.2 Å². The van der Waals surface area contributed by atoms with Crippen molar-refractivity contribution in [3.8, 4) is 5.75 Å². The van der Waals surface area contributed by atoms with E-state index in [4.69, 9.17) is 9.47 Å². The van der Waals surface area contributed by atoms with Gasteiger partial charge in [-0.15, -0.1) is 0 Å². The predicted octanol–water partition coefficient (Wildman–Crippen LogP) is 8.73. The van der Waals surface area contributed by atoms with Crippen molar-refractivity contribution in [2.45, 2.75) is 45.1 Å². The summed E-state index contributed by atoms with van der Waals surface area (Å²) >= 11 is 3.33. The third kappa shape index (κ3) is 6.81. The van der Waals surface area contributed by atoms with Gasteiger partial charge >= 0.3 is 18.3 Å². The molecule has 1 aromatic heterocycles. The minimum Gasteiger partial charge on any atom is -0.488 e. The molecule has 0 saturated carbocycles. The van der Waals surface area contributed by atoms with Gasteiger partial charge in [0.05, 0.1) is 23.4 Å². The quantitative estimate of drug-likeness (QED) is 0.197. The molecule has 39 heavy (non-hydrogen) atoms. The summed E-state index contributed by atoms with van der Waals surface area (Å²) in [5, 5.41) is 0. The lowest BCUT2D eigenvalue weighted by atomic mass is 9.96. The lowest BCUT2D eigenvalue weighted by Gasteiger charge is -2.18. The number of halogens is 7. The average molecular weight is 614 g/mol. The maximum Gasteiger partial charge on any atom is 0.416 e. The molecule has 0 atom stereocenters. The van der Waals surface area contributed by atoms with Gasteiger partial charge in [-0.3, -0.25) is 0 Å². The second-order valence-corrected chi connectivity index (χ2v) is 9.69. The van der Waals surface area contributed by atoms with E-state index in [0.29, 0.717) is 23.6 Å². The maximum atomic E-state index is 13.7. The van der Waals surface area contributed by atoms with Crippen molar-refractivity contribution in [3.05, 3.63) is 92.7 Å². The van der Waals surface area contributed by atoms with E-state index in [1.165, 1.54) is 13.0 Å². The number of esters is 1. The zero-order chi connectivity index (χ0) is 28.4. The monoisotopic (exact) mass is 613 g/mol. The molecule has 0 amide bonds. The van der Waals surface area contributed by atoms with Crippen molar-refractivity contribution in [1.82, 2.24) is 4.98 Å². The second-order valence-electron chi connectivity index (χ2n) is 8.78. The SMILES string of the molecule is CCOC(=O)c1cc(C(F)(F)F)cc(C2=C(c3cc(C(F)(F)F)ccc3OCc3ccc(Br)cc3)CCC2)n1. The largest absolute Gasteiger partial charge is 0.488 e. The molecule has 0 radical (unpaired) electrons. The third-order valence-corrected chi connectivity index (χ3v) is 6.63. The fourth-order valence-electron chi connectivity index (χ4n) is 4.29. The third-order valence-electron chi connectivity index (χ3n) is 6.10. The molecule has 3 aromatic rings. The molecular weight excluding hydrogens is 592 g/mol. The van der Waals surface area contributed by atoms with Gasteiger partial charge in [-0.05, 0) is 85.4 Å². The summed E-state index contributed by atoms with van der Waals surface area (Å²) < 4.78 is 93.6.